The zero-order valence-corrected chi connectivity index (χ0v) is 14.0. The molecule has 130 valence electrons. The minimum Gasteiger partial charge on any atom is -0.508 e. The number of aromatic hydroxyl groups is 1. The van der Waals surface area contributed by atoms with Gasteiger partial charge in [0, 0.05) is 38.7 Å². The van der Waals surface area contributed by atoms with E-state index < -0.39 is 6.04 Å². The number of likely N-dealkylation sites (tertiary alicyclic amines) is 2. The van der Waals surface area contributed by atoms with Crippen molar-refractivity contribution in [1.82, 2.24) is 9.80 Å². The van der Waals surface area contributed by atoms with Gasteiger partial charge < -0.3 is 19.6 Å². The number of phenols is 1. The van der Waals surface area contributed by atoms with Gasteiger partial charge in [0.2, 0.25) is 11.8 Å². The van der Waals surface area contributed by atoms with Crippen molar-refractivity contribution in [3.63, 3.8) is 0 Å². The fraction of sp³-hybridized carbons (Fsp3) is 0.556. The van der Waals surface area contributed by atoms with Crippen LogP contribution in [0, 0.1) is 0 Å². The molecule has 2 aliphatic heterocycles. The first-order chi connectivity index (χ1) is 11.6. The summed E-state index contributed by atoms with van der Waals surface area (Å²) in [4.78, 5) is 29.0. The Balaban J connectivity index is 1.74. The van der Waals surface area contributed by atoms with Crippen molar-refractivity contribution in [2.24, 2.45) is 0 Å². The van der Waals surface area contributed by atoms with Gasteiger partial charge in [-0.05, 0) is 18.9 Å². The molecule has 1 aromatic rings. The fourth-order valence-electron chi connectivity index (χ4n) is 3.55. The van der Waals surface area contributed by atoms with E-state index in [2.05, 4.69) is 0 Å². The maximum absolute atomic E-state index is 12.8. The summed E-state index contributed by atoms with van der Waals surface area (Å²) in [6.45, 7) is 1.97. The predicted octanol–water partition coefficient (Wildman–Crippen LogP) is 1.17. The molecule has 3 rings (SSSR count). The van der Waals surface area contributed by atoms with Gasteiger partial charge in [0.25, 0.3) is 0 Å². The molecule has 0 spiro atoms. The molecule has 2 aliphatic rings. The van der Waals surface area contributed by atoms with E-state index in [-0.39, 0.29) is 30.1 Å². The Bertz CT molecular complexity index is 613. The van der Waals surface area contributed by atoms with E-state index in [1.165, 1.54) is 0 Å². The van der Waals surface area contributed by atoms with E-state index in [0.717, 1.165) is 25.9 Å². The highest BCUT2D eigenvalue weighted by Crippen LogP contribution is 2.25. The number of para-hydroxylation sites is 1. The normalized spacial score (nSPS) is 23.7. The maximum Gasteiger partial charge on any atom is 0.245 e. The first kappa shape index (κ1) is 16.8. The highest BCUT2D eigenvalue weighted by Gasteiger charge is 2.41. The SMILES string of the molecule is CO[C@H]1C[C@@H](C(=O)N2CCCC2)N(C(=O)Cc2ccccc2O)C1. The number of methoxy groups -OCH3 is 1. The fourth-order valence-corrected chi connectivity index (χ4v) is 3.55. The lowest BCUT2D eigenvalue weighted by atomic mass is 10.1. The average molecular weight is 332 g/mol. The first-order valence-corrected chi connectivity index (χ1v) is 8.48. The summed E-state index contributed by atoms with van der Waals surface area (Å²) < 4.78 is 5.39. The van der Waals surface area contributed by atoms with Crippen LogP contribution in [0.4, 0.5) is 0 Å². The van der Waals surface area contributed by atoms with Crippen LogP contribution < -0.4 is 0 Å². The van der Waals surface area contributed by atoms with Crippen LogP contribution in [-0.4, -0.2) is 65.6 Å². The Morgan fingerprint density at radius 1 is 1.25 bits per heavy atom. The molecule has 6 nitrogen and oxygen atoms in total. The van der Waals surface area contributed by atoms with Gasteiger partial charge in [0.1, 0.15) is 11.8 Å². The highest BCUT2D eigenvalue weighted by molar-refractivity contribution is 5.89. The summed E-state index contributed by atoms with van der Waals surface area (Å²) in [6, 6.07) is 6.36. The summed E-state index contributed by atoms with van der Waals surface area (Å²) in [7, 11) is 1.61. The monoisotopic (exact) mass is 332 g/mol. The van der Waals surface area contributed by atoms with E-state index in [1.807, 2.05) is 4.90 Å². The van der Waals surface area contributed by atoms with Crippen LogP contribution >= 0.6 is 0 Å². The molecule has 2 amide bonds. The van der Waals surface area contributed by atoms with Gasteiger partial charge in [-0.3, -0.25) is 9.59 Å². The van der Waals surface area contributed by atoms with Crippen LogP contribution in [0.2, 0.25) is 0 Å². The molecule has 1 N–H and O–H groups in total. The Labute approximate surface area is 142 Å². The van der Waals surface area contributed by atoms with Gasteiger partial charge in [-0.1, -0.05) is 18.2 Å². The molecule has 24 heavy (non-hydrogen) atoms. The zero-order chi connectivity index (χ0) is 17.1. The number of rotatable bonds is 4. The van der Waals surface area contributed by atoms with Crippen LogP contribution in [0.15, 0.2) is 24.3 Å². The highest BCUT2D eigenvalue weighted by atomic mass is 16.5. The van der Waals surface area contributed by atoms with Crippen LogP contribution in [0.5, 0.6) is 5.75 Å². The lowest BCUT2D eigenvalue weighted by Crippen LogP contribution is -2.47. The molecule has 2 heterocycles. The minimum atomic E-state index is -0.452. The van der Waals surface area contributed by atoms with Crippen molar-refractivity contribution in [2.45, 2.75) is 37.8 Å². The molecular weight excluding hydrogens is 308 g/mol. The van der Waals surface area contributed by atoms with Crippen molar-refractivity contribution in [1.29, 1.82) is 0 Å². The van der Waals surface area contributed by atoms with Gasteiger partial charge >= 0.3 is 0 Å². The molecule has 0 radical (unpaired) electrons. The Morgan fingerprint density at radius 2 is 1.96 bits per heavy atom. The zero-order valence-electron chi connectivity index (χ0n) is 14.0. The third-order valence-corrected chi connectivity index (χ3v) is 4.95. The number of hydrogen-bond acceptors (Lipinski definition) is 4. The molecule has 2 atom stereocenters. The number of benzene rings is 1. The third-order valence-electron chi connectivity index (χ3n) is 4.95. The van der Waals surface area contributed by atoms with Crippen LogP contribution in [0.25, 0.3) is 0 Å². The van der Waals surface area contributed by atoms with Gasteiger partial charge in [-0.15, -0.1) is 0 Å². The molecule has 1 aromatic carbocycles. The quantitative estimate of drug-likeness (QED) is 0.899. The topological polar surface area (TPSA) is 70.1 Å². The van der Waals surface area contributed by atoms with E-state index in [1.54, 1.807) is 36.3 Å². The molecule has 0 unspecified atom stereocenters. The second kappa shape index (κ2) is 7.21. The first-order valence-electron chi connectivity index (χ1n) is 8.48. The molecule has 0 aromatic heterocycles. The summed E-state index contributed by atoms with van der Waals surface area (Å²) >= 11 is 0. The Hall–Kier alpha value is -2.08. The third kappa shape index (κ3) is 3.38. The number of phenolic OH excluding ortho intramolecular Hbond substituents is 1. The molecule has 0 saturated carbocycles. The second-order valence-electron chi connectivity index (χ2n) is 6.49. The van der Waals surface area contributed by atoms with Crippen molar-refractivity contribution < 1.29 is 19.4 Å². The Kier molecular flexibility index (Phi) is 5.04. The van der Waals surface area contributed by atoms with Gasteiger partial charge in [-0.2, -0.15) is 0 Å². The largest absolute Gasteiger partial charge is 0.508 e. The predicted molar refractivity (Wildman–Crippen MR) is 88.5 cm³/mol. The smallest absolute Gasteiger partial charge is 0.245 e. The van der Waals surface area contributed by atoms with E-state index >= 15 is 0 Å². The number of carbonyl (C=O) groups excluding carboxylic acids is 2. The van der Waals surface area contributed by atoms with Gasteiger partial charge in [-0.25, -0.2) is 0 Å². The minimum absolute atomic E-state index is 0.0256. The maximum atomic E-state index is 12.8. The molecule has 2 fully saturated rings. The summed E-state index contributed by atoms with van der Waals surface area (Å²) in [5.41, 5.74) is 0.579. The van der Waals surface area contributed by atoms with E-state index in [0.29, 0.717) is 18.5 Å². The molecule has 6 heteroatoms. The average Bonchev–Trinajstić information content (AvgIpc) is 3.26. The second-order valence-corrected chi connectivity index (χ2v) is 6.49. The van der Waals surface area contributed by atoms with Crippen molar-refractivity contribution in [3.05, 3.63) is 29.8 Å². The number of carbonyl (C=O) groups is 2. The van der Waals surface area contributed by atoms with Crippen molar-refractivity contribution in [2.75, 3.05) is 26.7 Å². The summed E-state index contributed by atoms with van der Waals surface area (Å²) in [5.74, 6) is -0.0120. The summed E-state index contributed by atoms with van der Waals surface area (Å²) in [5, 5.41) is 9.88. The number of amides is 2. The van der Waals surface area contributed by atoms with Crippen molar-refractivity contribution in [3.8, 4) is 5.75 Å². The number of hydrogen-bond donors (Lipinski definition) is 1. The Morgan fingerprint density at radius 3 is 2.62 bits per heavy atom. The lowest BCUT2D eigenvalue weighted by molar-refractivity contribution is -0.142. The van der Waals surface area contributed by atoms with Crippen LogP contribution in [0.1, 0.15) is 24.8 Å². The molecule has 0 bridgehead atoms. The molecule has 2 saturated heterocycles. The van der Waals surface area contributed by atoms with Crippen molar-refractivity contribution >= 4 is 11.8 Å². The van der Waals surface area contributed by atoms with E-state index in [4.69, 9.17) is 4.74 Å². The molecule has 0 aliphatic carbocycles. The van der Waals surface area contributed by atoms with E-state index in [9.17, 15) is 14.7 Å². The van der Waals surface area contributed by atoms with Crippen LogP contribution in [0.3, 0.4) is 0 Å². The number of nitrogens with zero attached hydrogens (tertiary/aromatic N) is 2. The van der Waals surface area contributed by atoms with Gasteiger partial charge in [0.15, 0.2) is 0 Å². The van der Waals surface area contributed by atoms with Gasteiger partial charge in [0.05, 0.1) is 12.5 Å². The summed E-state index contributed by atoms with van der Waals surface area (Å²) in [6.07, 6.45) is 2.57. The standard InChI is InChI=1S/C18H24N2O4/c1-24-14-11-15(18(23)19-8-4-5-9-19)20(12-14)17(22)10-13-6-2-3-7-16(13)21/h2-3,6-7,14-15,21H,4-5,8-12H2,1H3/t14-,15-/m0/s1. The molecular formula is C18H24N2O4. The van der Waals surface area contributed by atoms with Crippen LogP contribution in [-0.2, 0) is 20.7 Å². The number of ether oxygens (including phenoxy) is 1. The lowest BCUT2D eigenvalue weighted by Gasteiger charge is -2.27.